The summed E-state index contributed by atoms with van der Waals surface area (Å²) in [7, 11) is 3.52. The zero-order chi connectivity index (χ0) is 21.1. The van der Waals surface area contributed by atoms with E-state index in [2.05, 4.69) is 32.7 Å². The highest BCUT2D eigenvalue weighted by Crippen LogP contribution is 2.28. The van der Waals surface area contributed by atoms with Crippen LogP contribution in [0, 0.1) is 5.92 Å². The Balaban J connectivity index is 1.83. The Morgan fingerprint density at radius 3 is 2.48 bits per heavy atom. The van der Waals surface area contributed by atoms with Crippen molar-refractivity contribution in [3.63, 3.8) is 0 Å². The van der Waals surface area contributed by atoms with Gasteiger partial charge in [0.05, 0.1) is 13.2 Å². The number of benzene rings is 1. The lowest BCUT2D eigenvalue weighted by molar-refractivity contribution is -0.121. The first-order valence-electron chi connectivity index (χ1n) is 10.7. The second kappa shape index (κ2) is 12.2. The molecule has 2 N–H and O–H groups in total. The minimum Gasteiger partial charge on any atom is -0.490 e. The number of aliphatic imine (C=N–C) groups is 1. The normalized spacial score (nSPS) is 15.2. The molecule has 1 aromatic carbocycles. The summed E-state index contributed by atoms with van der Waals surface area (Å²) in [5, 5.41) is 6.19. The first-order valence-corrected chi connectivity index (χ1v) is 10.7. The van der Waals surface area contributed by atoms with Crippen LogP contribution in [-0.2, 0) is 11.2 Å². The van der Waals surface area contributed by atoms with Crippen LogP contribution in [0.1, 0.15) is 38.7 Å². The molecular formula is C22H36N4O3. The molecule has 1 aromatic rings. The molecule has 1 heterocycles. The highest BCUT2D eigenvalue weighted by atomic mass is 16.5. The third kappa shape index (κ3) is 7.15. The molecule has 7 nitrogen and oxygen atoms in total. The predicted molar refractivity (Wildman–Crippen MR) is 117 cm³/mol. The number of nitrogens with one attached hydrogen (secondary N) is 2. The maximum absolute atomic E-state index is 11.6. The molecular weight excluding hydrogens is 368 g/mol. The first-order chi connectivity index (χ1) is 14.1. The van der Waals surface area contributed by atoms with Gasteiger partial charge in [0.25, 0.3) is 0 Å². The van der Waals surface area contributed by atoms with E-state index in [0.29, 0.717) is 25.6 Å². The maximum atomic E-state index is 11.6. The Labute approximate surface area is 174 Å². The highest BCUT2D eigenvalue weighted by Gasteiger charge is 2.22. The van der Waals surface area contributed by atoms with Gasteiger partial charge >= 0.3 is 0 Å². The summed E-state index contributed by atoms with van der Waals surface area (Å²) < 4.78 is 11.3. The summed E-state index contributed by atoms with van der Waals surface area (Å²) in [5.41, 5.74) is 1.20. The third-order valence-corrected chi connectivity index (χ3v) is 5.18. The van der Waals surface area contributed by atoms with Crippen LogP contribution in [0.3, 0.4) is 0 Å². The van der Waals surface area contributed by atoms with Gasteiger partial charge in [0.15, 0.2) is 17.5 Å². The van der Waals surface area contributed by atoms with Gasteiger partial charge in [-0.2, -0.15) is 0 Å². The molecule has 1 aliphatic rings. The Morgan fingerprint density at radius 2 is 1.86 bits per heavy atom. The van der Waals surface area contributed by atoms with Crippen LogP contribution in [0.4, 0.5) is 0 Å². The van der Waals surface area contributed by atoms with E-state index in [4.69, 9.17) is 9.47 Å². The topological polar surface area (TPSA) is 75.2 Å². The molecule has 0 bridgehead atoms. The number of carbonyl (C=O) groups excluding carboxylic acids is 1. The van der Waals surface area contributed by atoms with Crippen molar-refractivity contribution >= 4 is 11.9 Å². The van der Waals surface area contributed by atoms with E-state index in [1.54, 1.807) is 7.05 Å². The molecule has 162 valence electrons. The summed E-state index contributed by atoms with van der Waals surface area (Å²) in [6.45, 7) is 7.84. The van der Waals surface area contributed by atoms with Crippen molar-refractivity contribution in [3.05, 3.63) is 23.8 Å². The lowest BCUT2D eigenvalue weighted by Gasteiger charge is -2.34. The maximum Gasteiger partial charge on any atom is 0.220 e. The summed E-state index contributed by atoms with van der Waals surface area (Å²) >= 11 is 0. The van der Waals surface area contributed by atoms with Gasteiger partial charge in [0, 0.05) is 40.2 Å². The average molecular weight is 405 g/mol. The fourth-order valence-corrected chi connectivity index (χ4v) is 3.62. The van der Waals surface area contributed by atoms with E-state index in [9.17, 15) is 4.79 Å². The SMILES string of the molecule is CCOc1ccc(CCNC(=NC)N2CCC(CC(=O)NC)CC2)cc1OCC. The summed E-state index contributed by atoms with van der Waals surface area (Å²) in [5.74, 6) is 3.12. The molecule has 1 fully saturated rings. The van der Waals surface area contributed by atoms with E-state index in [1.807, 2.05) is 27.0 Å². The second-order valence-electron chi connectivity index (χ2n) is 7.18. The Kier molecular flexibility index (Phi) is 9.60. The van der Waals surface area contributed by atoms with Crippen LogP contribution in [0.15, 0.2) is 23.2 Å². The lowest BCUT2D eigenvalue weighted by atomic mass is 9.93. The minimum atomic E-state index is 0.132. The van der Waals surface area contributed by atoms with E-state index in [1.165, 1.54) is 5.56 Å². The van der Waals surface area contributed by atoms with Crippen molar-refractivity contribution in [2.24, 2.45) is 10.9 Å². The molecule has 0 aromatic heterocycles. The number of rotatable bonds is 9. The van der Waals surface area contributed by atoms with Crippen molar-refractivity contribution < 1.29 is 14.3 Å². The molecule has 29 heavy (non-hydrogen) atoms. The quantitative estimate of drug-likeness (QED) is 0.488. The standard InChI is InChI=1S/C22H36N4O3/c1-5-28-19-8-7-17(15-20(19)29-6-2)9-12-25-22(24-4)26-13-10-18(11-14-26)16-21(27)23-3/h7-8,15,18H,5-6,9-14,16H2,1-4H3,(H,23,27)(H,24,25). The van der Waals surface area contributed by atoms with Crippen molar-refractivity contribution in [2.75, 3.05) is 46.9 Å². The van der Waals surface area contributed by atoms with Gasteiger partial charge in [0.1, 0.15) is 0 Å². The highest BCUT2D eigenvalue weighted by molar-refractivity contribution is 5.80. The van der Waals surface area contributed by atoms with E-state index in [-0.39, 0.29) is 5.91 Å². The van der Waals surface area contributed by atoms with Gasteiger partial charge in [-0.1, -0.05) is 6.07 Å². The lowest BCUT2D eigenvalue weighted by Crippen LogP contribution is -2.46. The summed E-state index contributed by atoms with van der Waals surface area (Å²) in [4.78, 5) is 18.3. The fourth-order valence-electron chi connectivity index (χ4n) is 3.62. The number of amides is 1. The van der Waals surface area contributed by atoms with Crippen molar-refractivity contribution in [2.45, 2.75) is 39.5 Å². The predicted octanol–water partition coefficient (Wildman–Crippen LogP) is 2.45. The van der Waals surface area contributed by atoms with Crippen molar-refractivity contribution in [1.29, 1.82) is 0 Å². The van der Waals surface area contributed by atoms with Crippen LogP contribution in [0.2, 0.25) is 0 Å². The Hall–Kier alpha value is -2.44. The van der Waals surface area contributed by atoms with Gasteiger partial charge in [-0.3, -0.25) is 9.79 Å². The molecule has 1 saturated heterocycles. The largest absolute Gasteiger partial charge is 0.490 e. The number of carbonyl (C=O) groups is 1. The molecule has 0 spiro atoms. The van der Waals surface area contributed by atoms with Crippen LogP contribution >= 0.6 is 0 Å². The zero-order valence-electron chi connectivity index (χ0n) is 18.3. The number of piperidine rings is 1. The Bertz CT molecular complexity index is 670. The van der Waals surface area contributed by atoms with Gasteiger partial charge in [-0.25, -0.2) is 0 Å². The van der Waals surface area contributed by atoms with Gasteiger partial charge in [-0.05, 0) is 56.7 Å². The smallest absolute Gasteiger partial charge is 0.220 e. The number of ether oxygens (including phenoxy) is 2. The third-order valence-electron chi connectivity index (χ3n) is 5.18. The number of hydrogen-bond donors (Lipinski definition) is 2. The number of nitrogens with zero attached hydrogens (tertiary/aromatic N) is 2. The van der Waals surface area contributed by atoms with Crippen molar-refractivity contribution in [3.8, 4) is 11.5 Å². The molecule has 0 saturated carbocycles. The summed E-state index contributed by atoms with van der Waals surface area (Å²) in [6.07, 6.45) is 3.53. The molecule has 0 atom stereocenters. The zero-order valence-corrected chi connectivity index (χ0v) is 18.3. The van der Waals surface area contributed by atoms with Gasteiger partial charge in [-0.15, -0.1) is 0 Å². The number of likely N-dealkylation sites (tertiary alicyclic amines) is 1. The fraction of sp³-hybridized carbons (Fsp3) is 0.636. The molecule has 0 unspecified atom stereocenters. The van der Waals surface area contributed by atoms with Crippen LogP contribution in [0.25, 0.3) is 0 Å². The van der Waals surface area contributed by atoms with E-state index < -0.39 is 0 Å². The molecule has 0 radical (unpaired) electrons. The minimum absolute atomic E-state index is 0.132. The van der Waals surface area contributed by atoms with Gasteiger partial charge < -0.3 is 25.0 Å². The Morgan fingerprint density at radius 1 is 1.17 bits per heavy atom. The van der Waals surface area contributed by atoms with E-state index in [0.717, 1.165) is 56.4 Å². The first kappa shape index (κ1) is 22.8. The summed E-state index contributed by atoms with van der Waals surface area (Å²) in [6, 6.07) is 6.13. The second-order valence-corrected chi connectivity index (χ2v) is 7.18. The molecule has 7 heteroatoms. The molecule has 0 aliphatic carbocycles. The van der Waals surface area contributed by atoms with Crippen LogP contribution in [-0.4, -0.2) is 63.7 Å². The molecule has 1 amide bonds. The van der Waals surface area contributed by atoms with Crippen LogP contribution in [0.5, 0.6) is 11.5 Å². The number of hydrogen-bond acceptors (Lipinski definition) is 4. The molecule has 2 rings (SSSR count). The number of guanidine groups is 1. The van der Waals surface area contributed by atoms with E-state index >= 15 is 0 Å². The molecule has 1 aliphatic heterocycles. The van der Waals surface area contributed by atoms with Crippen LogP contribution < -0.4 is 20.1 Å². The van der Waals surface area contributed by atoms with Gasteiger partial charge in [0.2, 0.25) is 5.91 Å². The van der Waals surface area contributed by atoms with Crippen molar-refractivity contribution in [1.82, 2.24) is 15.5 Å². The average Bonchev–Trinajstić information content (AvgIpc) is 2.74. The monoisotopic (exact) mass is 404 g/mol.